The number of ether oxygens (including phenoxy) is 1. The Bertz CT molecular complexity index is 459. The summed E-state index contributed by atoms with van der Waals surface area (Å²) >= 11 is 0. The summed E-state index contributed by atoms with van der Waals surface area (Å²) in [5.41, 5.74) is 2.06. The molecule has 1 heterocycles. The molecule has 0 saturated carbocycles. The zero-order valence-electron chi connectivity index (χ0n) is 7.91. The van der Waals surface area contributed by atoms with Crippen LogP contribution in [0.25, 0.3) is 10.9 Å². The molecule has 0 unspecified atom stereocenters. The third kappa shape index (κ3) is 1.62. The van der Waals surface area contributed by atoms with Gasteiger partial charge in [0.15, 0.2) is 0 Å². The summed E-state index contributed by atoms with van der Waals surface area (Å²) in [6.45, 7) is 0. The molecule has 2 aromatic rings. The molecule has 0 atom stereocenters. The van der Waals surface area contributed by atoms with Crippen molar-refractivity contribution < 1.29 is 9.53 Å². The minimum atomic E-state index is -0.208. The van der Waals surface area contributed by atoms with E-state index >= 15 is 0 Å². The van der Waals surface area contributed by atoms with Gasteiger partial charge in [-0.2, -0.15) is 0 Å². The molecule has 0 fully saturated rings. The number of benzene rings is 1. The molecule has 3 heteroatoms. The van der Waals surface area contributed by atoms with Gasteiger partial charge in [-0.05, 0) is 29.1 Å². The van der Waals surface area contributed by atoms with E-state index in [1.54, 1.807) is 0 Å². The fourth-order valence-corrected chi connectivity index (χ4v) is 1.45. The van der Waals surface area contributed by atoms with Gasteiger partial charge in [-0.1, -0.05) is 6.07 Å². The molecular weight excluding hydrogens is 178 g/mol. The highest BCUT2D eigenvalue weighted by atomic mass is 16.5. The highest BCUT2D eigenvalue weighted by Gasteiger charge is 2.03. The first-order chi connectivity index (χ1) is 6.79. The minimum Gasteiger partial charge on any atom is -0.469 e. The first-order valence-electron chi connectivity index (χ1n) is 4.42. The number of esters is 1. The summed E-state index contributed by atoms with van der Waals surface area (Å²) < 4.78 is 4.60. The van der Waals surface area contributed by atoms with Crippen molar-refractivity contribution in [1.29, 1.82) is 0 Å². The monoisotopic (exact) mass is 189 g/mol. The van der Waals surface area contributed by atoms with Gasteiger partial charge in [0.2, 0.25) is 0 Å². The topological polar surface area (TPSA) is 42.1 Å². The summed E-state index contributed by atoms with van der Waals surface area (Å²) in [5.74, 6) is -0.208. The van der Waals surface area contributed by atoms with E-state index in [4.69, 9.17) is 0 Å². The Morgan fingerprint density at radius 1 is 1.43 bits per heavy atom. The number of fused-ring (bicyclic) bond motifs is 1. The van der Waals surface area contributed by atoms with Gasteiger partial charge >= 0.3 is 5.97 Å². The van der Waals surface area contributed by atoms with Crippen molar-refractivity contribution in [2.24, 2.45) is 0 Å². The number of aromatic nitrogens is 1. The van der Waals surface area contributed by atoms with Crippen LogP contribution in [0.4, 0.5) is 0 Å². The predicted molar refractivity (Wildman–Crippen MR) is 54.0 cm³/mol. The van der Waals surface area contributed by atoms with Crippen LogP contribution in [-0.2, 0) is 16.0 Å². The molecule has 0 amide bonds. The van der Waals surface area contributed by atoms with E-state index in [1.807, 2.05) is 30.5 Å². The first kappa shape index (κ1) is 8.81. The Balaban J connectivity index is 2.30. The van der Waals surface area contributed by atoms with Gasteiger partial charge in [0.25, 0.3) is 0 Å². The molecule has 0 aliphatic heterocycles. The van der Waals surface area contributed by atoms with Crippen LogP contribution in [0.1, 0.15) is 5.56 Å². The summed E-state index contributed by atoms with van der Waals surface area (Å²) in [6.07, 6.45) is 2.21. The molecule has 0 bridgehead atoms. The van der Waals surface area contributed by atoms with E-state index in [9.17, 15) is 4.79 Å². The maximum atomic E-state index is 11.0. The molecule has 0 spiro atoms. The van der Waals surface area contributed by atoms with Gasteiger partial charge in [-0.3, -0.25) is 4.79 Å². The molecule has 0 aliphatic carbocycles. The molecule has 3 nitrogen and oxygen atoms in total. The van der Waals surface area contributed by atoms with Crippen LogP contribution < -0.4 is 0 Å². The lowest BCUT2D eigenvalue weighted by Gasteiger charge is -1.99. The first-order valence-corrected chi connectivity index (χ1v) is 4.42. The second-order valence-corrected chi connectivity index (χ2v) is 3.15. The molecule has 0 radical (unpaired) electrons. The van der Waals surface area contributed by atoms with Gasteiger partial charge in [-0.15, -0.1) is 0 Å². The number of carbonyl (C=O) groups excluding carboxylic acids is 1. The van der Waals surface area contributed by atoms with Crippen LogP contribution in [0.3, 0.4) is 0 Å². The van der Waals surface area contributed by atoms with Crippen LogP contribution in [0, 0.1) is 0 Å². The van der Waals surface area contributed by atoms with Crippen molar-refractivity contribution in [3.05, 3.63) is 36.0 Å². The van der Waals surface area contributed by atoms with Crippen molar-refractivity contribution in [2.75, 3.05) is 7.11 Å². The second kappa shape index (κ2) is 3.54. The Labute approximate surface area is 81.7 Å². The number of aromatic amines is 1. The third-order valence-electron chi connectivity index (χ3n) is 2.19. The Kier molecular flexibility index (Phi) is 2.23. The highest BCUT2D eigenvalue weighted by Crippen LogP contribution is 2.14. The molecule has 1 aromatic carbocycles. The van der Waals surface area contributed by atoms with E-state index in [0.717, 1.165) is 16.5 Å². The third-order valence-corrected chi connectivity index (χ3v) is 2.19. The quantitative estimate of drug-likeness (QED) is 0.733. The summed E-state index contributed by atoms with van der Waals surface area (Å²) in [5, 5.41) is 1.12. The van der Waals surface area contributed by atoms with Crippen LogP contribution >= 0.6 is 0 Å². The summed E-state index contributed by atoms with van der Waals surface area (Å²) in [7, 11) is 1.40. The second-order valence-electron chi connectivity index (χ2n) is 3.15. The highest BCUT2D eigenvalue weighted by molar-refractivity contribution is 5.81. The zero-order chi connectivity index (χ0) is 9.97. The number of methoxy groups -OCH3 is 1. The number of nitrogens with one attached hydrogen (secondary N) is 1. The largest absolute Gasteiger partial charge is 0.469 e. The van der Waals surface area contributed by atoms with Gasteiger partial charge in [-0.25, -0.2) is 0 Å². The SMILES string of the molecule is COC(=O)Cc1ccc2[nH]ccc2c1. The lowest BCUT2D eigenvalue weighted by Crippen LogP contribution is -2.03. The fourth-order valence-electron chi connectivity index (χ4n) is 1.45. The van der Waals surface area contributed by atoms with Gasteiger partial charge in [0.05, 0.1) is 13.5 Å². The van der Waals surface area contributed by atoms with Crippen LogP contribution in [0.5, 0.6) is 0 Å². The lowest BCUT2D eigenvalue weighted by atomic mass is 10.1. The Morgan fingerprint density at radius 3 is 3.07 bits per heavy atom. The zero-order valence-corrected chi connectivity index (χ0v) is 7.91. The van der Waals surface area contributed by atoms with Crippen molar-refractivity contribution in [3.63, 3.8) is 0 Å². The maximum absolute atomic E-state index is 11.0. The van der Waals surface area contributed by atoms with E-state index < -0.39 is 0 Å². The molecule has 72 valence electrons. The molecule has 0 aliphatic rings. The number of carbonyl (C=O) groups is 1. The molecular formula is C11H11NO2. The van der Waals surface area contributed by atoms with Crippen molar-refractivity contribution in [2.45, 2.75) is 6.42 Å². The van der Waals surface area contributed by atoms with E-state index in [2.05, 4.69) is 9.72 Å². The molecule has 1 aromatic heterocycles. The molecule has 0 saturated heterocycles. The van der Waals surface area contributed by atoms with Crippen molar-refractivity contribution in [1.82, 2.24) is 4.98 Å². The lowest BCUT2D eigenvalue weighted by molar-refractivity contribution is -0.139. The minimum absolute atomic E-state index is 0.208. The van der Waals surface area contributed by atoms with Crippen molar-refractivity contribution in [3.8, 4) is 0 Å². The van der Waals surface area contributed by atoms with Crippen LogP contribution in [-0.4, -0.2) is 18.1 Å². The summed E-state index contributed by atoms with van der Waals surface area (Å²) in [6, 6.07) is 7.86. The summed E-state index contributed by atoms with van der Waals surface area (Å²) in [4.78, 5) is 14.1. The number of H-pyrrole nitrogens is 1. The Hall–Kier alpha value is -1.77. The number of hydrogen-bond acceptors (Lipinski definition) is 2. The molecule has 14 heavy (non-hydrogen) atoms. The van der Waals surface area contributed by atoms with E-state index in [0.29, 0.717) is 6.42 Å². The Morgan fingerprint density at radius 2 is 2.29 bits per heavy atom. The fraction of sp³-hybridized carbons (Fsp3) is 0.182. The maximum Gasteiger partial charge on any atom is 0.309 e. The normalized spacial score (nSPS) is 10.4. The standard InChI is InChI=1S/C11H11NO2/c1-14-11(13)7-8-2-3-10-9(6-8)4-5-12-10/h2-6,12H,7H2,1H3. The van der Waals surface area contributed by atoms with Crippen LogP contribution in [0.15, 0.2) is 30.5 Å². The van der Waals surface area contributed by atoms with E-state index in [1.165, 1.54) is 7.11 Å². The van der Waals surface area contributed by atoms with Crippen LogP contribution in [0.2, 0.25) is 0 Å². The average molecular weight is 189 g/mol. The average Bonchev–Trinajstić information content (AvgIpc) is 2.64. The van der Waals surface area contributed by atoms with Gasteiger partial charge in [0, 0.05) is 11.7 Å². The number of hydrogen-bond donors (Lipinski definition) is 1. The molecule has 1 N–H and O–H groups in total. The van der Waals surface area contributed by atoms with Gasteiger partial charge < -0.3 is 9.72 Å². The van der Waals surface area contributed by atoms with Crippen molar-refractivity contribution >= 4 is 16.9 Å². The van der Waals surface area contributed by atoms with Gasteiger partial charge in [0.1, 0.15) is 0 Å². The van der Waals surface area contributed by atoms with E-state index in [-0.39, 0.29) is 5.97 Å². The number of rotatable bonds is 2. The predicted octanol–water partition coefficient (Wildman–Crippen LogP) is 1.88. The smallest absolute Gasteiger partial charge is 0.309 e. The molecule has 2 rings (SSSR count).